The predicted octanol–water partition coefficient (Wildman–Crippen LogP) is 3.04. The molecule has 0 aliphatic rings. The summed E-state index contributed by atoms with van der Waals surface area (Å²) in [5.41, 5.74) is 1.46. The molecular weight excluding hydrogens is 228 g/mol. The van der Waals surface area contributed by atoms with Gasteiger partial charge in [-0.1, -0.05) is 13.0 Å². The van der Waals surface area contributed by atoms with E-state index in [1.165, 1.54) is 0 Å². The van der Waals surface area contributed by atoms with Crippen molar-refractivity contribution in [3.05, 3.63) is 35.9 Å². The van der Waals surface area contributed by atoms with Crippen LogP contribution in [0.15, 0.2) is 24.8 Å². The van der Waals surface area contributed by atoms with E-state index in [9.17, 15) is 4.79 Å². The van der Waals surface area contributed by atoms with E-state index >= 15 is 0 Å². The molecule has 0 N–H and O–H groups in total. The van der Waals surface area contributed by atoms with Crippen LogP contribution in [0.3, 0.4) is 0 Å². The molecule has 0 aliphatic carbocycles. The van der Waals surface area contributed by atoms with Gasteiger partial charge in [-0.15, -0.1) is 6.58 Å². The first-order valence-corrected chi connectivity index (χ1v) is 5.82. The largest absolute Gasteiger partial charge is 0.496 e. The number of rotatable bonds is 6. The van der Waals surface area contributed by atoms with Gasteiger partial charge in [0.15, 0.2) is 0 Å². The van der Waals surface area contributed by atoms with Crippen molar-refractivity contribution in [3.8, 4) is 11.5 Å². The number of methoxy groups -OCH3 is 2. The number of benzene rings is 1. The van der Waals surface area contributed by atoms with Gasteiger partial charge in [-0.3, -0.25) is 0 Å². The Labute approximate surface area is 108 Å². The second kappa shape index (κ2) is 5.71. The highest BCUT2D eigenvalue weighted by Crippen LogP contribution is 2.39. The van der Waals surface area contributed by atoms with Crippen LogP contribution >= 0.6 is 0 Å². The fraction of sp³-hybridized carbons (Fsp3) is 0.400. The smallest absolute Gasteiger partial charge is 0.123 e. The van der Waals surface area contributed by atoms with Crippen molar-refractivity contribution < 1.29 is 14.3 Å². The molecule has 0 radical (unpaired) electrons. The third-order valence-corrected chi connectivity index (χ3v) is 3.29. The monoisotopic (exact) mass is 248 g/mol. The van der Waals surface area contributed by atoms with E-state index in [0.29, 0.717) is 6.42 Å². The molecule has 1 atom stereocenters. The van der Waals surface area contributed by atoms with Gasteiger partial charge in [0, 0.05) is 17.4 Å². The molecule has 0 heterocycles. The van der Waals surface area contributed by atoms with Crippen LogP contribution in [0.25, 0.3) is 0 Å². The molecule has 0 amide bonds. The van der Waals surface area contributed by atoms with Gasteiger partial charge in [0.05, 0.1) is 14.2 Å². The molecule has 3 nitrogen and oxygen atoms in total. The molecule has 98 valence electrons. The molecule has 3 heteroatoms. The molecule has 0 saturated heterocycles. The van der Waals surface area contributed by atoms with Crippen LogP contribution in [0.1, 0.15) is 24.5 Å². The number of carbonyl (C=O) groups is 1. The van der Waals surface area contributed by atoms with Crippen molar-refractivity contribution in [1.29, 1.82) is 0 Å². The van der Waals surface area contributed by atoms with Crippen molar-refractivity contribution in [2.45, 2.75) is 25.7 Å². The summed E-state index contributed by atoms with van der Waals surface area (Å²) in [6, 6.07) is 3.83. The SMILES string of the molecule is C=CC(C)(CC=O)c1cc(OC)c(C)cc1OC. The third kappa shape index (κ3) is 2.55. The lowest BCUT2D eigenvalue weighted by Crippen LogP contribution is -2.20. The average molecular weight is 248 g/mol. The molecule has 0 bridgehead atoms. The Morgan fingerprint density at radius 2 is 1.89 bits per heavy atom. The van der Waals surface area contributed by atoms with E-state index in [2.05, 4.69) is 6.58 Å². The zero-order valence-electron chi connectivity index (χ0n) is 11.4. The lowest BCUT2D eigenvalue weighted by molar-refractivity contribution is -0.108. The molecule has 0 aromatic heterocycles. The normalized spacial score (nSPS) is 13.6. The minimum Gasteiger partial charge on any atom is -0.496 e. The van der Waals surface area contributed by atoms with E-state index < -0.39 is 5.41 Å². The fourth-order valence-corrected chi connectivity index (χ4v) is 1.97. The fourth-order valence-electron chi connectivity index (χ4n) is 1.97. The van der Waals surface area contributed by atoms with Crippen LogP contribution in [-0.4, -0.2) is 20.5 Å². The minimum atomic E-state index is -0.450. The van der Waals surface area contributed by atoms with Gasteiger partial charge >= 0.3 is 0 Å². The van der Waals surface area contributed by atoms with Gasteiger partial charge in [-0.25, -0.2) is 0 Å². The number of carbonyl (C=O) groups excluding carboxylic acids is 1. The molecule has 1 unspecified atom stereocenters. The van der Waals surface area contributed by atoms with Gasteiger partial charge in [-0.2, -0.15) is 0 Å². The van der Waals surface area contributed by atoms with Crippen LogP contribution in [-0.2, 0) is 10.2 Å². The maximum absolute atomic E-state index is 10.9. The zero-order valence-corrected chi connectivity index (χ0v) is 11.4. The standard InChI is InChI=1S/C15H20O3/c1-6-15(3,7-8-16)12-10-13(17-4)11(2)9-14(12)18-5/h6,8-10H,1,7H2,2-5H3. The van der Waals surface area contributed by atoms with E-state index in [4.69, 9.17) is 9.47 Å². The van der Waals surface area contributed by atoms with Gasteiger partial charge in [-0.05, 0) is 24.6 Å². The number of aldehydes is 1. The Bertz CT molecular complexity index is 451. The second-order valence-corrected chi connectivity index (χ2v) is 4.51. The maximum atomic E-state index is 10.9. The molecule has 18 heavy (non-hydrogen) atoms. The van der Waals surface area contributed by atoms with Gasteiger partial charge in [0.25, 0.3) is 0 Å². The Morgan fingerprint density at radius 3 is 2.33 bits per heavy atom. The van der Waals surface area contributed by atoms with Crippen molar-refractivity contribution in [3.63, 3.8) is 0 Å². The van der Waals surface area contributed by atoms with E-state index in [1.807, 2.05) is 26.0 Å². The number of hydrogen-bond donors (Lipinski definition) is 0. The van der Waals surface area contributed by atoms with E-state index in [1.54, 1.807) is 20.3 Å². The summed E-state index contributed by atoms with van der Waals surface area (Å²) >= 11 is 0. The number of ether oxygens (including phenoxy) is 2. The lowest BCUT2D eigenvalue weighted by Gasteiger charge is -2.27. The van der Waals surface area contributed by atoms with Crippen LogP contribution in [0, 0.1) is 6.92 Å². The molecule has 0 fully saturated rings. The Kier molecular flexibility index (Phi) is 4.54. The van der Waals surface area contributed by atoms with Crippen LogP contribution in [0.5, 0.6) is 11.5 Å². The van der Waals surface area contributed by atoms with E-state index in [-0.39, 0.29) is 0 Å². The Balaban J connectivity index is 3.44. The molecule has 0 aliphatic heterocycles. The van der Waals surface area contributed by atoms with Crippen molar-refractivity contribution in [2.24, 2.45) is 0 Å². The Morgan fingerprint density at radius 1 is 1.28 bits per heavy atom. The topological polar surface area (TPSA) is 35.5 Å². The Hall–Kier alpha value is -1.77. The highest BCUT2D eigenvalue weighted by molar-refractivity contribution is 5.58. The molecule has 1 aromatic carbocycles. The molecular formula is C15H20O3. The van der Waals surface area contributed by atoms with Gasteiger partial charge in [0.2, 0.25) is 0 Å². The third-order valence-electron chi connectivity index (χ3n) is 3.29. The van der Waals surface area contributed by atoms with Gasteiger partial charge in [0.1, 0.15) is 17.8 Å². The summed E-state index contributed by atoms with van der Waals surface area (Å²) in [7, 11) is 3.25. The number of hydrogen-bond acceptors (Lipinski definition) is 3. The highest BCUT2D eigenvalue weighted by Gasteiger charge is 2.27. The molecule has 0 spiro atoms. The minimum absolute atomic E-state index is 0.360. The van der Waals surface area contributed by atoms with Crippen LogP contribution < -0.4 is 9.47 Å². The predicted molar refractivity (Wildman–Crippen MR) is 72.5 cm³/mol. The number of aryl methyl sites for hydroxylation is 1. The summed E-state index contributed by atoms with van der Waals surface area (Å²) in [5, 5.41) is 0. The first-order chi connectivity index (χ1) is 8.52. The summed E-state index contributed by atoms with van der Waals surface area (Å²) < 4.78 is 10.7. The first kappa shape index (κ1) is 14.3. The molecule has 0 saturated carbocycles. The quantitative estimate of drug-likeness (QED) is 0.573. The number of allylic oxidation sites excluding steroid dienone is 1. The van der Waals surface area contributed by atoms with Crippen LogP contribution in [0.4, 0.5) is 0 Å². The summed E-state index contributed by atoms with van der Waals surface area (Å²) in [6.45, 7) is 7.74. The van der Waals surface area contributed by atoms with Crippen LogP contribution in [0.2, 0.25) is 0 Å². The van der Waals surface area contributed by atoms with E-state index in [0.717, 1.165) is 28.9 Å². The summed E-state index contributed by atoms with van der Waals surface area (Å²) in [4.78, 5) is 10.9. The van der Waals surface area contributed by atoms with Crippen molar-refractivity contribution in [1.82, 2.24) is 0 Å². The lowest BCUT2D eigenvalue weighted by atomic mass is 9.79. The van der Waals surface area contributed by atoms with Crippen molar-refractivity contribution in [2.75, 3.05) is 14.2 Å². The average Bonchev–Trinajstić information content (AvgIpc) is 2.38. The first-order valence-electron chi connectivity index (χ1n) is 5.82. The molecule has 1 aromatic rings. The van der Waals surface area contributed by atoms with Gasteiger partial charge < -0.3 is 14.3 Å². The summed E-state index contributed by atoms with van der Waals surface area (Å²) in [5.74, 6) is 1.53. The zero-order chi connectivity index (χ0) is 13.8. The van der Waals surface area contributed by atoms with Crippen molar-refractivity contribution >= 4 is 6.29 Å². The second-order valence-electron chi connectivity index (χ2n) is 4.51. The molecule has 1 rings (SSSR count). The summed E-state index contributed by atoms with van der Waals surface area (Å²) in [6.07, 6.45) is 3.03. The maximum Gasteiger partial charge on any atom is 0.123 e. The highest BCUT2D eigenvalue weighted by atomic mass is 16.5.